The number of hydrogen-bond acceptors (Lipinski definition) is 6. The monoisotopic (exact) mass is 367 g/mol. The summed E-state index contributed by atoms with van der Waals surface area (Å²) in [6, 6.07) is 7.32. The first-order chi connectivity index (χ1) is 13.2. The SMILES string of the molecule is Cc1ccc(/C=C2\Oc3c(ccc4c3CN(CC3CCCO3)CO4)C2=O)o1. The fourth-order valence-corrected chi connectivity index (χ4v) is 3.86. The molecule has 1 aromatic carbocycles. The van der Waals surface area contributed by atoms with Crippen LogP contribution < -0.4 is 9.47 Å². The van der Waals surface area contributed by atoms with Crippen LogP contribution in [0.1, 0.15) is 40.3 Å². The zero-order valence-corrected chi connectivity index (χ0v) is 15.2. The molecule has 27 heavy (non-hydrogen) atoms. The van der Waals surface area contributed by atoms with Gasteiger partial charge >= 0.3 is 0 Å². The fourth-order valence-electron chi connectivity index (χ4n) is 3.86. The van der Waals surface area contributed by atoms with Gasteiger partial charge in [-0.1, -0.05) is 0 Å². The average Bonchev–Trinajstić information content (AvgIpc) is 3.38. The molecule has 1 atom stereocenters. The van der Waals surface area contributed by atoms with Crippen LogP contribution in [0, 0.1) is 6.92 Å². The summed E-state index contributed by atoms with van der Waals surface area (Å²) in [5.41, 5.74) is 1.50. The molecule has 0 saturated carbocycles. The van der Waals surface area contributed by atoms with Crippen molar-refractivity contribution in [3.63, 3.8) is 0 Å². The molecule has 1 fully saturated rings. The highest BCUT2D eigenvalue weighted by molar-refractivity contribution is 6.14. The van der Waals surface area contributed by atoms with E-state index in [1.54, 1.807) is 12.1 Å². The van der Waals surface area contributed by atoms with E-state index in [2.05, 4.69) is 4.90 Å². The predicted molar refractivity (Wildman–Crippen MR) is 97.7 cm³/mol. The molecule has 1 saturated heterocycles. The Hall–Kier alpha value is -2.57. The Labute approximate surface area is 157 Å². The van der Waals surface area contributed by atoms with Crippen molar-refractivity contribution in [2.75, 3.05) is 19.9 Å². The van der Waals surface area contributed by atoms with E-state index in [1.165, 1.54) is 0 Å². The molecule has 0 amide bonds. The number of nitrogens with zero attached hydrogens (tertiary/aromatic N) is 1. The zero-order chi connectivity index (χ0) is 18.4. The van der Waals surface area contributed by atoms with Crippen LogP contribution in [0.2, 0.25) is 0 Å². The number of carbonyl (C=O) groups excluding carboxylic acids is 1. The molecule has 5 rings (SSSR count). The maximum absolute atomic E-state index is 12.7. The highest BCUT2D eigenvalue weighted by Gasteiger charge is 2.34. The third-order valence-corrected chi connectivity index (χ3v) is 5.20. The van der Waals surface area contributed by atoms with Crippen LogP contribution in [0.3, 0.4) is 0 Å². The Bertz CT molecular complexity index is 923. The summed E-state index contributed by atoms with van der Waals surface area (Å²) in [5, 5.41) is 0. The molecular weight excluding hydrogens is 346 g/mol. The standard InChI is InChI=1S/C21H21NO5/c1-13-4-5-14(26-13)9-19-20(23)16-6-7-18-17(21(16)27-19)11-22(12-25-18)10-15-3-2-8-24-15/h4-7,9,15H,2-3,8,10-12H2,1H3/b19-9-. The molecular formula is C21H21NO5. The zero-order valence-electron chi connectivity index (χ0n) is 15.2. The van der Waals surface area contributed by atoms with Crippen LogP contribution in [0.25, 0.3) is 6.08 Å². The van der Waals surface area contributed by atoms with Crippen LogP contribution >= 0.6 is 0 Å². The number of carbonyl (C=O) groups is 1. The fraction of sp³-hybridized carbons (Fsp3) is 0.381. The average molecular weight is 367 g/mol. The van der Waals surface area contributed by atoms with Crippen LogP contribution in [-0.4, -0.2) is 36.7 Å². The van der Waals surface area contributed by atoms with E-state index in [1.807, 2.05) is 25.1 Å². The van der Waals surface area contributed by atoms with Crippen LogP contribution in [0.15, 0.2) is 34.4 Å². The Morgan fingerprint density at radius 3 is 2.96 bits per heavy atom. The van der Waals surface area contributed by atoms with Crippen molar-refractivity contribution in [2.24, 2.45) is 0 Å². The van der Waals surface area contributed by atoms with Crippen LogP contribution in [0.5, 0.6) is 11.5 Å². The lowest BCUT2D eigenvalue weighted by atomic mass is 10.0. The molecule has 140 valence electrons. The minimum Gasteiger partial charge on any atom is -0.478 e. The molecule has 3 aliphatic heterocycles. The third kappa shape index (κ3) is 3.05. The van der Waals surface area contributed by atoms with E-state index in [-0.39, 0.29) is 17.6 Å². The summed E-state index contributed by atoms with van der Waals surface area (Å²) in [5.74, 6) is 2.93. The summed E-state index contributed by atoms with van der Waals surface area (Å²) >= 11 is 0. The van der Waals surface area contributed by atoms with Gasteiger partial charge in [-0.15, -0.1) is 0 Å². The van der Waals surface area contributed by atoms with Gasteiger partial charge in [0.15, 0.2) is 5.76 Å². The Balaban J connectivity index is 1.41. The van der Waals surface area contributed by atoms with E-state index in [4.69, 9.17) is 18.6 Å². The van der Waals surface area contributed by atoms with Crippen molar-refractivity contribution < 1.29 is 23.4 Å². The Kier molecular flexibility index (Phi) is 4.02. The smallest absolute Gasteiger partial charge is 0.232 e. The first-order valence-corrected chi connectivity index (χ1v) is 9.31. The van der Waals surface area contributed by atoms with Gasteiger partial charge < -0.3 is 18.6 Å². The van der Waals surface area contributed by atoms with Crippen LogP contribution in [0.4, 0.5) is 0 Å². The number of benzene rings is 1. The number of ketones is 1. The van der Waals surface area contributed by atoms with Crippen molar-refractivity contribution in [1.29, 1.82) is 0 Å². The largest absolute Gasteiger partial charge is 0.478 e. The minimum absolute atomic E-state index is 0.127. The highest BCUT2D eigenvalue weighted by atomic mass is 16.5. The minimum atomic E-state index is -0.127. The summed E-state index contributed by atoms with van der Waals surface area (Å²) in [6.07, 6.45) is 4.10. The van der Waals surface area contributed by atoms with Gasteiger partial charge in [0.25, 0.3) is 0 Å². The molecule has 0 spiro atoms. The Morgan fingerprint density at radius 1 is 1.26 bits per heavy atom. The molecule has 1 aromatic heterocycles. The molecule has 6 heteroatoms. The third-order valence-electron chi connectivity index (χ3n) is 5.20. The van der Waals surface area contributed by atoms with Crippen molar-refractivity contribution in [2.45, 2.75) is 32.4 Å². The topological polar surface area (TPSA) is 61.1 Å². The van der Waals surface area contributed by atoms with Crippen LogP contribution in [-0.2, 0) is 11.3 Å². The van der Waals surface area contributed by atoms with Gasteiger partial charge in [-0.2, -0.15) is 0 Å². The van der Waals surface area contributed by atoms with Gasteiger partial charge in [0.2, 0.25) is 5.78 Å². The highest BCUT2D eigenvalue weighted by Crippen LogP contribution is 2.42. The maximum Gasteiger partial charge on any atom is 0.232 e. The summed E-state index contributed by atoms with van der Waals surface area (Å²) in [4.78, 5) is 14.9. The number of rotatable bonds is 3. The lowest BCUT2D eigenvalue weighted by Gasteiger charge is -2.31. The first kappa shape index (κ1) is 16.6. The molecule has 0 bridgehead atoms. The molecule has 0 aliphatic carbocycles. The van der Waals surface area contributed by atoms with Crippen molar-refractivity contribution in [3.05, 3.63) is 52.7 Å². The van der Waals surface area contributed by atoms with Gasteiger partial charge in [-0.05, 0) is 44.0 Å². The van der Waals surface area contributed by atoms with Gasteiger partial charge in [-0.3, -0.25) is 9.69 Å². The van der Waals surface area contributed by atoms with E-state index < -0.39 is 0 Å². The molecule has 3 aliphatic rings. The molecule has 2 aromatic rings. The predicted octanol–water partition coefficient (Wildman–Crippen LogP) is 3.54. The molecule has 1 unspecified atom stereocenters. The number of furan rings is 1. The summed E-state index contributed by atoms with van der Waals surface area (Å²) in [7, 11) is 0. The van der Waals surface area contributed by atoms with E-state index in [0.29, 0.717) is 30.3 Å². The normalized spacial score (nSPS) is 23.2. The number of aryl methyl sites for hydroxylation is 1. The lowest BCUT2D eigenvalue weighted by molar-refractivity contribution is 0.0274. The lowest BCUT2D eigenvalue weighted by Crippen LogP contribution is -2.37. The maximum atomic E-state index is 12.7. The molecule has 6 nitrogen and oxygen atoms in total. The number of fused-ring (bicyclic) bond motifs is 3. The van der Waals surface area contributed by atoms with E-state index in [0.717, 1.165) is 43.1 Å². The second-order valence-corrected chi connectivity index (χ2v) is 7.23. The van der Waals surface area contributed by atoms with E-state index >= 15 is 0 Å². The summed E-state index contributed by atoms with van der Waals surface area (Å²) in [6.45, 7) is 4.73. The van der Waals surface area contributed by atoms with Crippen molar-refractivity contribution in [3.8, 4) is 11.5 Å². The summed E-state index contributed by atoms with van der Waals surface area (Å²) < 4.78 is 23.1. The van der Waals surface area contributed by atoms with Gasteiger partial charge in [-0.25, -0.2) is 0 Å². The molecule has 0 N–H and O–H groups in total. The van der Waals surface area contributed by atoms with Gasteiger partial charge in [0, 0.05) is 25.8 Å². The number of hydrogen-bond donors (Lipinski definition) is 0. The molecule has 0 radical (unpaired) electrons. The van der Waals surface area contributed by atoms with Crippen molar-refractivity contribution in [1.82, 2.24) is 4.90 Å². The quantitative estimate of drug-likeness (QED) is 0.774. The number of Topliss-reactive ketones (excluding diaryl/α,β-unsaturated/α-hetero) is 1. The number of ether oxygens (including phenoxy) is 3. The first-order valence-electron chi connectivity index (χ1n) is 9.31. The van der Waals surface area contributed by atoms with Crippen molar-refractivity contribution >= 4 is 11.9 Å². The second-order valence-electron chi connectivity index (χ2n) is 7.23. The number of allylic oxidation sites excluding steroid dienone is 1. The molecule has 4 heterocycles. The van der Waals surface area contributed by atoms with Gasteiger partial charge in [0.05, 0.1) is 17.2 Å². The van der Waals surface area contributed by atoms with Gasteiger partial charge in [0.1, 0.15) is 29.8 Å². The Morgan fingerprint density at radius 2 is 2.19 bits per heavy atom. The second kappa shape index (κ2) is 6.55. The van der Waals surface area contributed by atoms with E-state index in [9.17, 15) is 4.79 Å².